The number of hydrogen-bond acceptors (Lipinski definition) is 7. The van der Waals surface area contributed by atoms with Crippen molar-refractivity contribution in [1.82, 2.24) is 0 Å². The van der Waals surface area contributed by atoms with Gasteiger partial charge < -0.3 is 20.1 Å². The lowest BCUT2D eigenvalue weighted by atomic mass is 10.1. The molecule has 0 aromatic rings. The summed E-state index contributed by atoms with van der Waals surface area (Å²) in [6.07, 6.45) is 65.8. The summed E-state index contributed by atoms with van der Waals surface area (Å²) in [6.45, 7) is 4.72. The first kappa shape index (κ1) is 59.4. The summed E-state index contributed by atoms with van der Waals surface area (Å²) in [5.74, 6) is -0.348. The molecule has 0 spiro atoms. The maximum atomic E-state index is 12.6. The molecule has 0 aliphatic heterocycles. The van der Waals surface area contributed by atoms with Crippen molar-refractivity contribution in [3.8, 4) is 0 Å². The normalized spacial score (nSPS) is 14.2. The van der Waals surface area contributed by atoms with Gasteiger partial charge in [-0.15, -0.1) is 0 Å². The van der Waals surface area contributed by atoms with Crippen LogP contribution in [0, 0.1) is 0 Å². The smallest absolute Gasteiger partial charge is 0.457 e. The second kappa shape index (κ2) is 49.4. The van der Waals surface area contributed by atoms with Gasteiger partial charge in [0.2, 0.25) is 0 Å². The van der Waals surface area contributed by atoms with Crippen LogP contribution in [-0.2, 0) is 27.9 Å². The molecule has 0 rings (SSSR count). The number of rotatable bonds is 46. The zero-order valence-corrected chi connectivity index (χ0v) is 40.5. The number of carbonyl (C=O) groups is 1. The van der Waals surface area contributed by atoms with Gasteiger partial charge >= 0.3 is 13.8 Å². The van der Waals surface area contributed by atoms with Gasteiger partial charge in [-0.05, 0) is 96.3 Å². The van der Waals surface area contributed by atoms with Crippen molar-refractivity contribution in [1.29, 1.82) is 0 Å². The highest BCUT2D eigenvalue weighted by Gasteiger charge is 2.25. The molecule has 9 heteroatoms. The van der Waals surface area contributed by atoms with E-state index in [0.717, 1.165) is 96.3 Å². The molecule has 0 saturated carbocycles. The van der Waals surface area contributed by atoms with Gasteiger partial charge in [-0.25, -0.2) is 4.57 Å². The van der Waals surface area contributed by atoms with Crippen molar-refractivity contribution in [3.05, 3.63) is 97.2 Å². The molecule has 0 fully saturated rings. The Bertz CT molecular complexity index is 1270. The van der Waals surface area contributed by atoms with E-state index in [0.29, 0.717) is 13.0 Å². The fourth-order valence-corrected chi connectivity index (χ4v) is 7.15. The minimum atomic E-state index is -4.30. The summed E-state index contributed by atoms with van der Waals surface area (Å²) in [7, 11) is -4.30. The minimum Gasteiger partial charge on any atom is -0.457 e. The van der Waals surface area contributed by atoms with Crippen molar-refractivity contribution in [3.63, 3.8) is 0 Å². The summed E-state index contributed by atoms with van der Waals surface area (Å²) >= 11 is 0. The van der Waals surface area contributed by atoms with Crippen molar-refractivity contribution in [2.75, 3.05) is 33.0 Å². The number of unbranched alkanes of at least 4 members (excludes halogenated alkanes) is 17. The van der Waals surface area contributed by atoms with Crippen molar-refractivity contribution in [2.45, 2.75) is 200 Å². The average molecular weight is 886 g/mol. The van der Waals surface area contributed by atoms with E-state index in [4.69, 9.17) is 24.3 Å². The van der Waals surface area contributed by atoms with E-state index in [1.807, 2.05) is 0 Å². The van der Waals surface area contributed by atoms with Crippen LogP contribution in [0.3, 0.4) is 0 Å². The van der Waals surface area contributed by atoms with E-state index in [-0.39, 0.29) is 32.3 Å². The van der Waals surface area contributed by atoms with Gasteiger partial charge in [-0.2, -0.15) is 0 Å². The molecule has 8 nitrogen and oxygen atoms in total. The molecule has 0 aromatic carbocycles. The van der Waals surface area contributed by atoms with Crippen molar-refractivity contribution < 1.29 is 32.8 Å². The SMILES string of the molecule is CC/C=C\C/C=C\C/C=C\C/C=C\C/C=C\C/C=C\C/C=C\CCCCCCOCC(COP(=O)(O)OCCN)OC(=O)CCCCCCCCC/C=C\CCCCCCCC. The van der Waals surface area contributed by atoms with E-state index >= 15 is 0 Å². The second-order valence-electron chi connectivity index (χ2n) is 15.9. The number of allylic oxidation sites excluding steroid dienone is 16. The Morgan fingerprint density at radius 3 is 1.37 bits per heavy atom. The van der Waals surface area contributed by atoms with Crippen LogP contribution in [0.2, 0.25) is 0 Å². The first-order chi connectivity index (χ1) is 30.4. The quantitative estimate of drug-likeness (QED) is 0.0269. The summed E-state index contributed by atoms with van der Waals surface area (Å²) in [4.78, 5) is 22.6. The minimum absolute atomic E-state index is 0.0900. The first-order valence-electron chi connectivity index (χ1n) is 24.7. The van der Waals surface area contributed by atoms with Gasteiger partial charge in [-0.1, -0.05) is 188 Å². The molecule has 3 N–H and O–H groups in total. The van der Waals surface area contributed by atoms with Gasteiger partial charge in [0.1, 0.15) is 6.10 Å². The molecule has 0 heterocycles. The van der Waals surface area contributed by atoms with Gasteiger partial charge in [0, 0.05) is 19.6 Å². The van der Waals surface area contributed by atoms with Crippen LogP contribution in [0.25, 0.3) is 0 Å². The molecule has 2 unspecified atom stereocenters. The van der Waals surface area contributed by atoms with Gasteiger partial charge in [0.15, 0.2) is 0 Å². The third-order valence-corrected chi connectivity index (χ3v) is 11.0. The molecule has 356 valence electrons. The largest absolute Gasteiger partial charge is 0.472 e. The lowest BCUT2D eigenvalue weighted by Gasteiger charge is -2.20. The first-order valence-corrected chi connectivity index (χ1v) is 26.2. The summed E-state index contributed by atoms with van der Waals surface area (Å²) in [5, 5.41) is 0. The van der Waals surface area contributed by atoms with Crippen LogP contribution in [0.15, 0.2) is 97.2 Å². The monoisotopic (exact) mass is 886 g/mol. The highest BCUT2D eigenvalue weighted by atomic mass is 31.2. The summed E-state index contributed by atoms with van der Waals surface area (Å²) in [6, 6.07) is 0. The zero-order valence-electron chi connectivity index (χ0n) is 39.6. The van der Waals surface area contributed by atoms with E-state index in [2.05, 4.69) is 111 Å². The molecule has 0 aromatic heterocycles. The van der Waals surface area contributed by atoms with Crippen LogP contribution < -0.4 is 5.73 Å². The molecule has 62 heavy (non-hydrogen) atoms. The molecule has 0 aliphatic carbocycles. The van der Waals surface area contributed by atoms with Crippen LogP contribution >= 0.6 is 7.82 Å². The topological polar surface area (TPSA) is 117 Å². The summed E-state index contributed by atoms with van der Waals surface area (Å²) in [5.41, 5.74) is 5.38. The molecule has 0 saturated heterocycles. The Hall–Kier alpha value is -2.58. The standard InChI is InChI=1S/C53H92NO7P/c1-3-5-7-9-11-13-15-17-19-21-22-23-24-25-26-27-28-29-31-33-35-37-39-41-43-45-48-58-50-52(51-60-62(56,57)59-49-47-54)61-53(55)46-44-42-40-38-36-34-32-30-20-18-16-14-12-10-8-6-4-2/h5,7,11,13,17-20,22-23,25-26,28-29,33,35,52H,3-4,6,8-10,12,14-16,21,24,27,30-32,34,36-51,54H2,1-2H3,(H,56,57)/b7-5-,13-11-,19-17-,20-18-,23-22-,26-25-,29-28-,35-33-. The number of ether oxygens (including phenoxy) is 2. The van der Waals surface area contributed by atoms with Crippen LogP contribution in [0.1, 0.15) is 194 Å². The van der Waals surface area contributed by atoms with Crippen molar-refractivity contribution >= 4 is 13.8 Å². The number of carbonyl (C=O) groups excluding carboxylic acids is 1. The Morgan fingerprint density at radius 1 is 0.500 bits per heavy atom. The third kappa shape index (κ3) is 48.5. The lowest BCUT2D eigenvalue weighted by Crippen LogP contribution is -2.28. The number of phosphoric ester groups is 1. The van der Waals surface area contributed by atoms with E-state index in [1.54, 1.807) is 0 Å². The lowest BCUT2D eigenvalue weighted by molar-refractivity contribution is -0.154. The molecule has 0 bridgehead atoms. The number of nitrogens with two attached hydrogens (primary N) is 1. The van der Waals surface area contributed by atoms with E-state index in [9.17, 15) is 14.3 Å². The Balaban J connectivity index is 4.07. The Labute approximate surface area is 380 Å². The Morgan fingerprint density at radius 2 is 0.903 bits per heavy atom. The van der Waals surface area contributed by atoms with Gasteiger partial charge in [0.25, 0.3) is 0 Å². The van der Waals surface area contributed by atoms with Crippen molar-refractivity contribution in [2.24, 2.45) is 5.73 Å². The number of phosphoric acid groups is 1. The second-order valence-corrected chi connectivity index (χ2v) is 17.4. The van der Waals surface area contributed by atoms with Crippen LogP contribution in [-0.4, -0.2) is 49.9 Å². The summed E-state index contributed by atoms with van der Waals surface area (Å²) < 4.78 is 33.5. The molecular weight excluding hydrogens is 794 g/mol. The third-order valence-electron chi connectivity index (χ3n) is 9.99. The predicted molar refractivity (Wildman–Crippen MR) is 265 cm³/mol. The molecular formula is C53H92NO7P. The Kier molecular flexibility index (Phi) is 47.4. The predicted octanol–water partition coefficient (Wildman–Crippen LogP) is 15.4. The fourth-order valence-electron chi connectivity index (χ4n) is 6.38. The van der Waals surface area contributed by atoms with Crippen LogP contribution in [0.4, 0.5) is 0 Å². The van der Waals surface area contributed by atoms with Gasteiger partial charge in [0.05, 0.1) is 19.8 Å². The van der Waals surface area contributed by atoms with Crippen LogP contribution in [0.5, 0.6) is 0 Å². The average Bonchev–Trinajstić information content (AvgIpc) is 3.26. The van der Waals surface area contributed by atoms with E-state index < -0.39 is 13.9 Å². The van der Waals surface area contributed by atoms with Gasteiger partial charge in [-0.3, -0.25) is 13.8 Å². The molecule has 0 radical (unpaired) electrons. The highest BCUT2D eigenvalue weighted by Crippen LogP contribution is 2.43. The number of esters is 1. The maximum absolute atomic E-state index is 12.6. The highest BCUT2D eigenvalue weighted by molar-refractivity contribution is 7.47. The zero-order chi connectivity index (χ0) is 45.1. The molecule has 0 amide bonds. The molecule has 2 atom stereocenters. The van der Waals surface area contributed by atoms with E-state index in [1.165, 1.54) is 77.0 Å². The number of hydrogen-bond donors (Lipinski definition) is 2. The molecule has 0 aliphatic rings. The fraction of sp³-hybridized carbons (Fsp3) is 0.679. The maximum Gasteiger partial charge on any atom is 0.472 e.